The van der Waals surface area contributed by atoms with E-state index < -0.39 is 22.2 Å². The largest absolute Gasteiger partial charge is 0.387 e. The van der Waals surface area contributed by atoms with Gasteiger partial charge in [-0.2, -0.15) is 0 Å². The van der Waals surface area contributed by atoms with Crippen LogP contribution in [-0.4, -0.2) is 25.7 Å². The molecule has 0 aromatic heterocycles. The molecule has 0 heterocycles. The minimum Gasteiger partial charge on any atom is -0.387 e. The first-order valence-corrected chi connectivity index (χ1v) is 9.59. The van der Waals surface area contributed by atoms with Crippen molar-refractivity contribution in [3.8, 4) is 0 Å². The monoisotopic (exact) mass is 389 g/mol. The van der Waals surface area contributed by atoms with Crippen LogP contribution in [0.1, 0.15) is 34.1 Å². The van der Waals surface area contributed by atoms with Gasteiger partial charge in [0.2, 0.25) is 10.0 Å². The molecular formula is C16H24BrNO3S. The highest BCUT2D eigenvalue weighted by Gasteiger charge is 2.30. The molecule has 1 aromatic carbocycles. The van der Waals surface area contributed by atoms with E-state index in [1.807, 2.05) is 20.8 Å². The van der Waals surface area contributed by atoms with E-state index in [-0.39, 0.29) is 10.8 Å². The zero-order valence-electron chi connectivity index (χ0n) is 13.4. The molecule has 1 unspecified atom stereocenters. The lowest BCUT2D eigenvalue weighted by atomic mass is 9.91. The van der Waals surface area contributed by atoms with Crippen LogP contribution in [0.3, 0.4) is 0 Å². The summed E-state index contributed by atoms with van der Waals surface area (Å²) >= 11 is 3.29. The van der Waals surface area contributed by atoms with E-state index in [1.54, 1.807) is 25.1 Å². The van der Waals surface area contributed by atoms with Crippen molar-refractivity contribution in [2.24, 2.45) is 5.92 Å². The van der Waals surface area contributed by atoms with Crippen LogP contribution in [0.25, 0.3) is 0 Å². The van der Waals surface area contributed by atoms with Crippen molar-refractivity contribution in [3.63, 3.8) is 0 Å². The Bertz CT molecular complexity index is 611. The molecule has 0 aliphatic heterocycles. The average molecular weight is 390 g/mol. The standard InChI is InChI=1S/C16H24BrNO3S/c1-5-11(3)15(16(19)12(4)6-2)18-22(20,21)14-9-7-13(17)8-10-14/h6-11,15-16,18-19H,5H2,1-4H3/t11-,15-,16?/m0/s1. The topological polar surface area (TPSA) is 66.4 Å². The van der Waals surface area contributed by atoms with E-state index >= 15 is 0 Å². The molecule has 2 N–H and O–H groups in total. The van der Waals surface area contributed by atoms with Crippen LogP contribution in [0.5, 0.6) is 0 Å². The van der Waals surface area contributed by atoms with E-state index in [2.05, 4.69) is 20.7 Å². The van der Waals surface area contributed by atoms with E-state index in [4.69, 9.17) is 0 Å². The molecule has 22 heavy (non-hydrogen) atoms. The Balaban J connectivity index is 3.10. The maximum atomic E-state index is 12.5. The SMILES string of the molecule is CC=C(C)C(O)[C@@H](NS(=O)(=O)c1ccc(Br)cc1)[C@@H](C)CC. The number of halogens is 1. The Kier molecular flexibility index (Phi) is 7.25. The number of nitrogens with one attached hydrogen (secondary N) is 1. The predicted molar refractivity (Wildman–Crippen MR) is 93.1 cm³/mol. The number of allylic oxidation sites excluding steroid dienone is 1. The van der Waals surface area contributed by atoms with Crippen LogP contribution in [0, 0.1) is 5.92 Å². The number of hydrogen-bond donors (Lipinski definition) is 2. The van der Waals surface area contributed by atoms with Crippen molar-refractivity contribution in [1.82, 2.24) is 4.72 Å². The second-order valence-corrected chi connectivity index (χ2v) is 8.09. The summed E-state index contributed by atoms with van der Waals surface area (Å²) in [6.45, 7) is 7.54. The molecule has 124 valence electrons. The Morgan fingerprint density at radius 3 is 2.36 bits per heavy atom. The van der Waals surface area contributed by atoms with E-state index in [9.17, 15) is 13.5 Å². The summed E-state index contributed by atoms with van der Waals surface area (Å²) in [4.78, 5) is 0.189. The van der Waals surface area contributed by atoms with Gasteiger partial charge in [0.05, 0.1) is 17.0 Å². The number of hydrogen-bond acceptors (Lipinski definition) is 3. The third-order valence-electron chi connectivity index (χ3n) is 3.93. The molecule has 6 heteroatoms. The second kappa shape index (κ2) is 8.24. The van der Waals surface area contributed by atoms with Crippen LogP contribution in [0.2, 0.25) is 0 Å². The van der Waals surface area contributed by atoms with Crippen molar-refractivity contribution in [3.05, 3.63) is 40.4 Å². The number of benzene rings is 1. The van der Waals surface area contributed by atoms with Gasteiger partial charge in [-0.15, -0.1) is 0 Å². The quantitative estimate of drug-likeness (QED) is 0.701. The van der Waals surface area contributed by atoms with Gasteiger partial charge in [0.15, 0.2) is 0 Å². The van der Waals surface area contributed by atoms with Gasteiger partial charge in [-0.1, -0.05) is 42.3 Å². The fourth-order valence-electron chi connectivity index (χ4n) is 2.06. The highest BCUT2D eigenvalue weighted by Crippen LogP contribution is 2.21. The Morgan fingerprint density at radius 2 is 1.91 bits per heavy atom. The molecule has 0 spiro atoms. The Hall–Kier alpha value is -0.690. The third kappa shape index (κ3) is 4.91. The maximum Gasteiger partial charge on any atom is 0.240 e. The molecule has 0 fully saturated rings. The molecule has 0 aliphatic rings. The fourth-order valence-corrected chi connectivity index (χ4v) is 3.67. The van der Waals surface area contributed by atoms with Crippen molar-refractivity contribution in [1.29, 1.82) is 0 Å². The summed E-state index contributed by atoms with van der Waals surface area (Å²) in [5.41, 5.74) is 0.754. The molecule has 0 saturated heterocycles. The van der Waals surface area contributed by atoms with Gasteiger partial charge >= 0.3 is 0 Å². The molecule has 3 atom stereocenters. The first kappa shape index (κ1) is 19.4. The number of rotatable bonds is 7. The smallest absolute Gasteiger partial charge is 0.240 e. The molecule has 4 nitrogen and oxygen atoms in total. The van der Waals surface area contributed by atoms with Crippen LogP contribution in [0.4, 0.5) is 0 Å². The van der Waals surface area contributed by atoms with Gasteiger partial charge in [-0.25, -0.2) is 13.1 Å². The van der Waals surface area contributed by atoms with Gasteiger partial charge in [0, 0.05) is 4.47 Å². The normalized spacial score (nSPS) is 17.1. The summed E-state index contributed by atoms with van der Waals surface area (Å²) in [5, 5.41) is 10.4. The van der Waals surface area contributed by atoms with E-state index in [0.717, 1.165) is 16.5 Å². The van der Waals surface area contributed by atoms with Crippen molar-refractivity contribution >= 4 is 26.0 Å². The van der Waals surface area contributed by atoms with Gasteiger partial charge < -0.3 is 5.11 Å². The zero-order valence-corrected chi connectivity index (χ0v) is 15.8. The first-order chi connectivity index (χ1) is 10.2. The molecule has 0 amide bonds. The van der Waals surface area contributed by atoms with Gasteiger partial charge in [0.25, 0.3) is 0 Å². The number of aliphatic hydroxyl groups excluding tert-OH is 1. The highest BCUT2D eigenvalue weighted by atomic mass is 79.9. The Morgan fingerprint density at radius 1 is 1.36 bits per heavy atom. The molecule has 0 saturated carbocycles. The lowest BCUT2D eigenvalue weighted by Crippen LogP contribution is -2.47. The number of sulfonamides is 1. The summed E-state index contributed by atoms with van der Waals surface area (Å²) in [5.74, 6) is 0.00937. The van der Waals surface area contributed by atoms with Crippen LogP contribution < -0.4 is 4.72 Å². The molecule has 1 rings (SSSR count). The summed E-state index contributed by atoms with van der Waals surface area (Å²) < 4.78 is 28.5. The van der Waals surface area contributed by atoms with Gasteiger partial charge in [-0.3, -0.25) is 0 Å². The van der Waals surface area contributed by atoms with Gasteiger partial charge in [0.1, 0.15) is 0 Å². The van der Waals surface area contributed by atoms with Crippen molar-refractivity contribution in [2.75, 3.05) is 0 Å². The third-order valence-corrected chi connectivity index (χ3v) is 5.94. The van der Waals surface area contributed by atoms with Gasteiger partial charge in [-0.05, 0) is 49.6 Å². The minimum absolute atomic E-state index is 0.00937. The lowest BCUT2D eigenvalue weighted by Gasteiger charge is -2.29. The average Bonchev–Trinajstić information content (AvgIpc) is 2.50. The maximum absolute atomic E-state index is 12.5. The molecule has 0 aliphatic carbocycles. The summed E-state index contributed by atoms with van der Waals surface area (Å²) in [6, 6.07) is 5.88. The van der Waals surface area contributed by atoms with E-state index in [0.29, 0.717) is 0 Å². The molecule has 0 bridgehead atoms. The predicted octanol–water partition coefficient (Wildman–Crippen LogP) is 3.47. The Labute approximate surface area is 141 Å². The van der Waals surface area contributed by atoms with E-state index in [1.165, 1.54) is 12.1 Å². The van der Waals surface area contributed by atoms with Crippen LogP contribution in [-0.2, 0) is 10.0 Å². The van der Waals surface area contributed by atoms with Crippen LogP contribution in [0.15, 0.2) is 45.3 Å². The lowest BCUT2D eigenvalue weighted by molar-refractivity contribution is 0.142. The fraction of sp³-hybridized carbons (Fsp3) is 0.500. The molecule has 1 aromatic rings. The number of aliphatic hydroxyl groups is 1. The molecule has 0 radical (unpaired) electrons. The van der Waals surface area contributed by atoms with Crippen LogP contribution >= 0.6 is 15.9 Å². The zero-order chi connectivity index (χ0) is 16.9. The van der Waals surface area contributed by atoms with Crippen molar-refractivity contribution < 1.29 is 13.5 Å². The second-order valence-electron chi connectivity index (χ2n) is 5.46. The summed E-state index contributed by atoms with van der Waals surface area (Å²) in [6.07, 6.45) is 1.72. The first-order valence-electron chi connectivity index (χ1n) is 7.31. The summed E-state index contributed by atoms with van der Waals surface area (Å²) in [7, 11) is -3.68. The molecular weight excluding hydrogens is 366 g/mol. The van der Waals surface area contributed by atoms with Crippen molar-refractivity contribution in [2.45, 2.75) is 51.2 Å². The highest BCUT2D eigenvalue weighted by molar-refractivity contribution is 9.10. The minimum atomic E-state index is -3.68.